The van der Waals surface area contributed by atoms with Crippen molar-refractivity contribution in [2.45, 2.75) is 72.8 Å². The highest BCUT2D eigenvalue weighted by Gasteiger charge is 2.09. The number of Topliss-reactive ketones (excluding diaryl/α,β-unsaturated/α-hetero) is 1. The molecule has 0 atom stereocenters. The fraction of sp³-hybridized carbons (Fsp3) is 0.929. The first kappa shape index (κ1) is 15.6. The molecule has 0 radical (unpaired) electrons. The fourth-order valence-electron chi connectivity index (χ4n) is 1.56. The van der Waals surface area contributed by atoms with Crippen molar-refractivity contribution in [3.05, 3.63) is 0 Å². The second-order valence-electron chi connectivity index (χ2n) is 6.20. The molecule has 0 fully saturated rings. The van der Waals surface area contributed by atoms with Crippen LogP contribution in [-0.2, 0) is 4.79 Å². The van der Waals surface area contributed by atoms with E-state index in [9.17, 15) is 4.79 Å². The molecular weight excluding hydrogens is 198 g/mol. The lowest BCUT2D eigenvalue weighted by Gasteiger charge is -2.17. The summed E-state index contributed by atoms with van der Waals surface area (Å²) in [6, 6.07) is 0.407. The van der Waals surface area contributed by atoms with Gasteiger partial charge in [0.15, 0.2) is 0 Å². The molecule has 0 unspecified atom stereocenters. The second kappa shape index (κ2) is 7.83. The lowest BCUT2D eigenvalue weighted by molar-refractivity contribution is -0.118. The molecule has 0 saturated heterocycles. The minimum atomic E-state index is 0.351. The van der Waals surface area contributed by atoms with Gasteiger partial charge >= 0.3 is 0 Å². The van der Waals surface area contributed by atoms with E-state index in [4.69, 9.17) is 0 Å². The predicted octanol–water partition coefficient (Wildman–Crippen LogP) is 3.55. The van der Waals surface area contributed by atoms with Crippen LogP contribution >= 0.6 is 0 Å². The first-order valence-corrected chi connectivity index (χ1v) is 6.56. The molecule has 2 heteroatoms. The van der Waals surface area contributed by atoms with Crippen molar-refractivity contribution >= 4 is 5.78 Å². The highest BCUT2D eigenvalue weighted by molar-refractivity contribution is 5.80. The molecule has 0 aliphatic heterocycles. The van der Waals surface area contributed by atoms with Crippen molar-refractivity contribution in [3.8, 4) is 0 Å². The Morgan fingerprint density at radius 1 is 1.12 bits per heavy atom. The lowest BCUT2D eigenvalue weighted by atomic mass is 9.89. The van der Waals surface area contributed by atoms with Crippen LogP contribution in [0.15, 0.2) is 0 Å². The van der Waals surface area contributed by atoms with Gasteiger partial charge in [-0.3, -0.25) is 4.79 Å². The first-order valence-electron chi connectivity index (χ1n) is 6.56. The van der Waals surface area contributed by atoms with Gasteiger partial charge in [0.05, 0.1) is 6.54 Å². The van der Waals surface area contributed by atoms with E-state index in [1.54, 1.807) is 0 Å². The van der Waals surface area contributed by atoms with E-state index < -0.39 is 0 Å². The molecule has 16 heavy (non-hydrogen) atoms. The zero-order valence-electron chi connectivity index (χ0n) is 11.7. The van der Waals surface area contributed by atoms with Crippen LogP contribution in [0.4, 0.5) is 0 Å². The van der Waals surface area contributed by atoms with Gasteiger partial charge in [0, 0.05) is 12.5 Å². The van der Waals surface area contributed by atoms with Crippen molar-refractivity contribution in [2.24, 2.45) is 5.41 Å². The van der Waals surface area contributed by atoms with Crippen LogP contribution in [-0.4, -0.2) is 18.4 Å². The number of nitrogens with one attached hydrogen (secondary N) is 1. The molecule has 0 bridgehead atoms. The zero-order valence-corrected chi connectivity index (χ0v) is 11.7. The Hall–Kier alpha value is -0.370. The maximum absolute atomic E-state index is 11.4. The van der Waals surface area contributed by atoms with Gasteiger partial charge in [-0.15, -0.1) is 0 Å². The minimum Gasteiger partial charge on any atom is -0.308 e. The highest BCUT2D eigenvalue weighted by Crippen LogP contribution is 2.22. The lowest BCUT2D eigenvalue weighted by Crippen LogP contribution is -2.28. The summed E-state index contributed by atoms with van der Waals surface area (Å²) in [6.45, 7) is 11.5. The number of hydrogen-bond acceptors (Lipinski definition) is 2. The quantitative estimate of drug-likeness (QED) is 0.642. The predicted molar refractivity (Wildman–Crippen MR) is 70.7 cm³/mol. The van der Waals surface area contributed by atoms with Gasteiger partial charge in [-0.05, 0) is 18.3 Å². The molecule has 1 N–H and O–H groups in total. The summed E-state index contributed by atoms with van der Waals surface area (Å²) >= 11 is 0. The SMILES string of the molecule is CC(C)NCC(=O)CCCCCC(C)(C)C. The highest BCUT2D eigenvalue weighted by atomic mass is 16.1. The maximum atomic E-state index is 11.4. The number of carbonyl (C=O) groups excluding carboxylic acids is 1. The molecule has 96 valence electrons. The van der Waals surface area contributed by atoms with Gasteiger partial charge in [0.25, 0.3) is 0 Å². The smallest absolute Gasteiger partial charge is 0.146 e. The third-order valence-corrected chi connectivity index (χ3v) is 2.59. The van der Waals surface area contributed by atoms with Crippen LogP contribution < -0.4 is 5.32 Å². The Balaban J connectivity index is 3.35. The standard InChI is InChI=1S/C14H29NO/c1-12(2)15-11-13(16)9-7-6-8-10-14(3,4)5/h12,15H,6-11H2,1-5H3. The third-order valence-electron chi connectivity index (χ3n) is 2.59. The largest absolute Gasteiger partial charge is 0.308 e. The monoisotopic (exact) mass is 227 g/mol. The van der Waals surface area contributed by atoms with Crippen LogP contribution in [0.1, 0.15) is 66.7 Å². The molecule has 0 saturated carbocycles. The zero-order chi connectivity index (χ0) is 12.6. The van der Waals surface area contributed by atoms with Crippen LogP contribution in [0.2, 0.25) is 0 Å². The summed E-state index contributed by atoms with van der Waals surface area (Å²) in [5, 5.41) is 3.16. The van der Waals surface area contributed by atoms with Gasteiger partial charge in [-0.2, -0.15) is 0 Å². The van der Waals surface area contributed by atoms with Gasteiger partial charge in [0.2, 0.25) is 0 Å². The third kappa shape index (κ3) is 11.7. The van der Waals surface area contributed by atoms with Crippen LogP contribution in [0.5, 0.6) is 0 Å². The number of hydrogen-bond donors (Lipinski definition) is 1. The second-order valence-corrected chi connectivity index (χ2v) is 6.20. The Labute approximate surface area is 101 Å². The average molecular weight is 227 g/mol. The van der Waals surface area contributed by atoms with Crippen LogP contribution in [0.3, 0.4) is 0 Å². The van der Waals surface area contributed by atoms with E-state index in [-0.39, 0.29) is 0 Å². The number of ketones is 1. The van der Waals surface area contributed by atoms with E-state index in [0.29, 0.717) is 23.8 Å². The van der Waals surface area contributed by atoms with Crippen LogP contribution in [0.25, 0.3) is 0 Å². The van der Waals surface area contributed by atoms with Gasteiger partial charge in [0.1, 0.15) is 5.78 Å². The van der Waals surface area contributed by atoms with E-state index >= 15 is 0 Å². The summed E-state index contributed by atoms with van der Waals surface area (Å²) in [7, 11) is 0. The molecular formula is C14H29NO. The molecule has 0 rings (SSSR count). The minimum absolute atomic E-state index is 0.351. The Kier molecular flexibility index (Phi) is 7.65. The molecule has 0 aliphatic carbocycles. The van der Waals surface area contributed by atoms with E-state index in [0.717, 1.165) is 12.8 Å². The topological polar surface area (TPSA) is 29.1 Å². The van der Waals surface area contributed by atoms with E-state index in [2.05, 4.69) is 39.9 Å². The number of carbonyl (C=O) groups is 1. The van der Waals surface area contributed by atoms with E-state index in [1.807, 2.05) is 0 Å². The molecule has 0 aromatic carbocycles. The van der Waals surface area contributed by atoms with E-state index in [1.165, 1.54) is 19.3 Å². The van der Waals surface area contributed by atoms with Crippen molar-refractivity contribution in [1.82, 2.24) is 5.32 Å². The molecule has 0 aliphatic rings. The van der Waals surface area contributed by atoms with Gasteiger partial charge in [-0.25, -0.2) is 0 Å². The molecule has 0 amide bonds. The summed E-state index contributed by atoms with van der Waals surface area (Å²) in [4.78, 5) is 11.4. The maximum Gasteiger partial charge on any atom is 0.146 e. The number of unbranched alkanes of at least 4 members (excludes halogenated alkanes) is 2. The average Bonchev–Trinajstić information content (AvgIpc) is 2.12. The summed E-state index contributed by atoms with van der Waals surface area (Å²) in [6.07, 6.45) is 5.48. The molecule has 0 spiro atoms. The van der Waals surface area contributed by atoms with Crippen LogP contribution in [0, 0.1) is 5.41 Å². The van der Waals surface area contributed by atoms with Crippen molar-refractivity contribution in [1.29, 1.82) is 0 Å². The summed E-state index contributed by atoms with van der Waals surface area (Å²) in [5.41, 5.74) is 0.434. The van der Waals surface area contributed by atoms with Crippen molar-refractivity contribution in [2.75, 3.05) is 6.54 Å². The van der Waals surface area contributed by atoms with Gasteiger partial charge < -0.3 is 5.32 Å². The molecule has 0 aromatic heterocycles. The molecule has 0 heterocycles. The summed E-state index contributed by atoms with van der Waals surface area (Å²) in [5.74, 6) is 0.351. The Morgan fingerprint density at radius 2 is 1.75 bits per heavy atom. The molecule has 0 aromatic rings. The fourth-order valence-corrected chi connectivity index (χ4v) is 1.56. The number of rotatable bonds is 8. The molecule has 2 nitrogen and oxygen atoms in total. The first-order chi connectivity index (χ1) is 7.31. The van der Waals surface area contributed by atoms with Gasteiger partial charge in [-0.1, -0.05) is 47.5 Å². The van der Waals surface area contributed by atoms with Crippen molar-refractivity contribution < 1.29 is 4.79 Å². The van der Waals surface area contributed by atoms with Crippen molar-refractivity contribution in [3.63, 3.8) is 0 Å². The summed E-state index contributed by atoms with van der Waals surface area (Å²) < 4.78 is 0. The Morgan fingerprint density at radius 3 is 2.25 bits per heavy atom. The Bertz CT molecular complexity index is 191. The normalized spacial score (nSPS) is 12.1.